The summed E-state index contributed by atoms with van der Waals surface area (Å²) in [4.78, 5) is 0. The van der Waals surface area contributed by atoms with Gasteiger partial charge >= 0.3 is 24.8 Å². The van der Waals surface area contributed by atoms with Crippen LogP contribution in [0.4, 0.5) is 0 Å². The van der Waals surface area contributed by atoms with Crippen LogP contribution in [0, 0.1) is 10.8 Å². The Bertz CT molecular complexity index is 1030. The van der Waals surface area contributed by atoms with Gasteiger partial charge in [-0.2, -0.15) is 0 Å². The van der Waals surface area contributed by atoms with Crippen molar-refractivity contribution in [2.45, 2.75) is 51.7 Å². The molecule has 1 fully saturated rings. The molecule has 0 spiro atoms. The molecule has 0 bridgehead atoms. The van der Waals surface area contributed by atoms with Crippen LogP contribution in [0.3, 0.4) is 0 Å². The Labute approximate surface area is 252 Å². The van der Waals surface area contributed by atoms with Gasteiger partial charge in [0.1, 0.15) is 0 Å². The molecule has 0 unspecified atom stereocenters. The smallest absolute Gasteiger partial charge is 0.405 e. The molecule has 2 aromatic rings. The molecule has 1 heterocycles. The van der Waals surface area contributed by atoms with Crippen LogP contribution in [0.1, 0.15) is 7.85 Å². The van der Waals surface area contributed by atoms with Gasteiger partial charge in [-0.25, -0.2) is 0 Å². The molecule has 40 heavy (non-hydrogen) atoms. The van der Waals surface area contributed by atoms with E-state index in [9.17, 15) is 0 Å². The summed E-state index contributed by atoms with van der Waals surface area (Å²) in [6.07, 6.45) is 1.26. The lowest BCUT2D eigenvalue weighted by Gasteiger charge is -2.43. The van der Waals surface area contributed by atoms with Gasteiger partial charge in [0.15, 0.2) is 8.32 Å². The first-order valence-corrected chi connectivity index (χ1v) is 27.5. The van der Waals surface area contributed by atoms with E-state index in [1.54, 1.807) is 14.2 Å². The van der Waals surface area contributed by atoms with E-state index in [1.165, 1.54) is 12.2 Å². The third kappa shape index (κ3) is 10.8. The maximum absolute atomic E-state index is 7.08. The maximum atomic E-state index is 7.08. The molecule has 0 saturated carbocycles. The summed E-state index contributed by atoms with van der Waals surface area (Å²) in [5.41, 5.74) is 3.94. The summed E-state index contributed by atoms with van der Waals surface area (Å²) in [5.74, 6) is 1.22. The number of hydrogen-bond acceptors (Lipinski definition) is 8. The molecular formula is C27H48N2O5SSi5. The van der Waals surface area contributed by atoms with Crippen molar-refractivity contribution in [2.75, 3.05) is 20.0 Å². The average molecular weight is 654 g/mol. The van der Waals surface area contributed by atoms with Crippen molar-refractivity contribution >= 4 is 63.1 Å². The summed E-state index contributed by atoms with van der Waals surface area (Å²) in [7, 11) is -7.95. The normalized spacial score (nSPS) is 15.2. The SMILES string of the molecule is C=C[Si](C)(C)O[Si](C)(C)O[Si](O[Si](C)(C)C=C)(c1ccccc1)c1ccccc1.CO[Si]1(OC)CCCS1.N#N.[2HH]. The van der Waals surface area contributed by atoms with E-state index < -0.39 is 41.5 Å². The zero-order chi connectivity index (χ0) is 30.5. The molecule has 1 saturated heterocycles. The van der Waals surface area contributed by atoms with E-state index in [4.69, 9.17) is 32.0 Å². The summed E-state index contributed by atoms with van der Waals surface area (Å²) in [5, 5.41) is 14.2. The Kier molecular flexibility index (Phi) is 14.9. The first-order valence-electron chi connectivity index (χ1n) is 13.2. The van der Waals surface area contributed by atoms with Crippen molar-refractivity contribution in [3.8, 4) is 0 Å². The minimum Gasteiger partial charge on any atom is -0.433 e. The first-order chi connectivity index (χ1) is 18.8. The van der Waals surface area contributed by atoms with Gasteiger partial charge in [-0.05, 0) is 61.8 Å². The molecule has 3 rings (SSSR count). The summed E-state index contributed by atoms with van der Waals surface area (Å²) >= 11 is 1.88. The van der Waals surface area contributed by atoms with Crippen molar-refractivity contribution < 1.29 is 22.6 Å². The molecule has 0 aliphatic carbocycles. The standard InChI is InChI=1S/C22H34O3Si4.C5H12O2SSi.N2.H2/c1-9-26(3,4)23-28(7,8)25-29(24-27(5,6)10-2,21-17-13-11-14-18-21)22-19-15-12-16-20-22;1-6-9(7-2)5-3-4-8-9;1-2;/h9-20H,1-2H2,3-8H3;3-5H2,1-2H3;;1H/i;;;1+1. The maximum Gasteiger partial charge on any atom is 0.405 e. The van der Waals surface area contributed by atoms with Crippen LogP contribution in [-0.4, -0.2) is 61.4 Å². The second kappa shape index (κ2) is 16.3. The van der Waals surface area contributed by atoms with E-state index in [-0.39, 0.29) is 1.43 Å². The third-order valence-electron chi connectivity index (χ3n) is 6.17. The molecule has 0 amide bonds. The molecule has 13 heteroatoms. The number of nitrogens with zero attached hydrogens (tertiary/aromatic N) is 2. The quantitative estimate of drug-likeness (QED) is 0.190. The van der Waals surface area contributed by atoms with Crippen LogP contribution in [0.5, 0.6) is 0 Å². The van der Waals surface area contributed by atoms with E-state index in [0.29, 0.717) is 0 Å². The van der Waals surface area contributed by atoms with Gasteiger partial charge in [-0.1, -0.05) is 72.1 Å². The summed E-state index contributed by atoms with van der Waals surface area (Å²) in [6.45, 7) is 20.9. The van der Waals surface area contributed by atoms with E-state index in [2.05, 4.69) is 76.7 Å². The number of hydrogen-bond donors (Lipinski definition) is 0. The Morgan fingerprint density at radius 1 is 0.750 bits per heavy atom. The highest BCUT2D eigenvalue weighted by atomic mass is 32.4. The van der Waals surface area contributed by atoms with Crippen molar-refractivity contribution in [3.63, 3.8) is 0 Å². The Morgan fingerprint density at radius 3 is 1.50 bits per heavy atom. The predicted octanol–water partition coefficient (Wildman–Crippen LogP) is 6.49. The van der Waals surface area contributed by atoms with Crippen LogP contribution < -0.4 is 10.4 Å². The van der Waals surface area contributed by atoms with Crippen molar-refractivity contribution in [1.29, 1.82) is 10.8 Å². The molecule has 0 aromatic heterocycles. The second-order valence-corrected chi connectivity index (χ2v) is 31.7. The Hall–Kier alpha value is -1.43. The lowest BCUT2D eigenvalue weighted by molar-refractivity contribution is 0.270. The highest BCUT2D eigenvalue weighted by Gasteiger charge is 2.51. The van der Waals surface area contributed by atoms with Crippen LogP contribution in [0.2, 0.25) is 45.3 Å². The molecule has 7 nitrogen and oxygen atoms in total. The molecular weight excluding hydrogens is 605 g/mol. The second-order valence-electron chi connectivity index (χ2n) is 10.7. The average Bonchev–Trinajstić information content (AvgIpc) is 3.44. The molecule has 0 atom stereocenters. The zero-order valence-electron chi connectivity index (χ0n) is 25.3. The van der Waals surface area contributed by atoms with Gasteiger partial charge in [-0.15, -0.1) is 24.4 Å². The topological polar surface area (TPSA) is 93.7 Å². The molecule has 1 aliphatic heterocycles. The first kappa shape index (κ1) is 36.6. The van der Waals surface area contributed by atoms with Gasteiger partial charge in [0, 0.05) is 32.5 Å². The van der Waals surface area contributed by atoms with Crippen LogP contribution in [0.25, 0.3) is 0 Å². The van der Waals surface area contributed by atoms with E-state index in [1.807, 2.05) is 59.0 Å². The highest BCUT2D eigenvalue weighted by molar-refractivity contribution is 8.27. The van der Waals surface area contributed by atoms with Gasteiger partial charge in [-0.3, -0.25) is 0 Å². The lowest BCUT2D eigenvalue weighted by atomic mass is 10.4. The number of rotatable bonds is 12. The summed E-state index contributed by atoms with van der Waals surface area (Å²) in [6, 6.07) is 21.9. The third-order valence-corrected chi connectivity index (χ3v) is 27.4. The minimum atomic E-state index is -3.04. The predicted molar refractivity (Wildman–Crippen MR) is 181 cm³/mol. The largest absolute Gasteiger partial charge is 0.433 e. The van der Waals surface area contributed by atoms with Gasteiger partial charge in [0.2, 0.25) is 8.32 Å². The van der Waals surface area contributed by atoms with Crippen LogP contribution in [0.15, 0.2) is 85.2 Å². The van der Waals surface area contributed by atoms with Crippen molar-refractivity contribution in [2.24, 2.45) is 0 Å². The van der Waals surface area contributed by atoms with Crippen molar-refractivity contribution in [3.05, 3.63) is 85.2 Å². The van der Waals surface area contributed by atoms with Crippen LogP contribution >= 0.6 is 11.2 Å². The lowest BCUT2D eigenvalue weighted by Crippen LogP contribution is -2.71. The van der Waals surface area contributed by atoms with E-state index in [0.717, 1.165) is 16.4 Å². The van der Waals surface area contributed by atoms with Gasteiger partial charge in [0.05, 0.1) is 0 Å². The molecule has 0 N–H and O–H groups in total. The monoisotopic (exact) mass is 653 g/mol. The van der Waals surface area contributed by atoms with Gasteiger partial charge < -0.3 is 21.2 Å². The van der Waals surface area contributed by atoms with Crippen LogP contribution in [-0.2, 0) is 21.2 Å². The Balaban J connectivity index is 0.00000112. The number of benzene rings is 2. The molecule has 2 aromatic carbocycles. The van der Waals surface area contributed by atoms with Crippen molar-refractivity contribution in [1.82, 2.24) is 0 Å². The summed E-state index contributed by atoms with van der Waals surface area (Å²) < 4.78 is 31.4. The fourth-order valence-electron chi connectivity index (χ4n) is 4.19. The Morgan fingerprint density at radius 2 is 1.18 bits per heavy atom. The fraction of sp³-hybridized carbons (Fsp3) is 0.407. The highest BCUT2D eigenvalue weighted by Crippen LogP contribution is 2.35. The zero-order valence-corrected chi connectivity index (χ0v) is 31.1. The molecule has 1 aliphatic rings. The molecule has 0 radical (unpaired) electrons. The fourth-order valence-corrected chi connectivity index (χ4v) is 25.6. The van der Waals surface area contributed by atoms with Gasteiger partial charge in [0.25, 0.3) is 0 Å². The molecule has 222 valence electrons. The van der Waals surface area contributed by atoms with E-state index >= 15 is 0 Å². The minimum absolute atomic E-state index is 0.